The van der Waals surface area contributed by atoms with Gasteiger partial charge in [-0.05, 0) is 31.4 Å². The lowest BCUT2D eigenvalue weighted by atomic mass is 9.77. The zero-order valence-corrected chi connectivity index (χ0v) is 10.8. The first-order valence-corrected chi connectivity index (χ1v) is 6.59. The molecule has 1 aromatic rings. The number of benzene rings is 1. The third kappa shape index (κ3) is 3.62. The van der Waals surface area contributed by atoms with Gasteiger partial charge in [0, 0.05) is 11.6 Å². The number of ether oxygens (including phenoxy) is 1. The summed E-state index contributed by atoms with van der Waals surface area (Å²) in [5.74, 6) is 0.311. The molecule has 0 heterocycles. The minimum absolute atomic E-state index is 0.0581. The maximum Gasteiger partial charge on any atom is 0.573 e. The number of nitrogens with one attached hydrogen (secondary N) is 1. The topological polar surface area (TPSA) is 21.3 Å². The molecule has 5 heteroatoms. The molecule has 1 aromatic carbocycles. The van der Waals surface area contributed by atoms with Crippen molar-refractivity contribution in [3.05, 3.63) is 29.8 Å². The molecule has 1 saturated carbocycles. The van der Waals surface area contributed by atoms with Gasteiger partial charge in [-0.1, -0.05) is 31.5 Å². The molecule has 1 atom stereocenters. The Labute approximate surface area is 111 Å². The van der Waals surface area contributed by atoms with Crippen LogP contribution in [0.3, 0.4) is 0 Å². The Bertz CT molecular complexity index is 415. The Hall–Kier alpha value is -1.23. The first kappa shape index (κ1) is 14.2. The van der Waals surface area contributed by atoms with Crippen molar-refractivity contribution in [1.82, 2.24) is 5.32 Å². The van der Waals surface area contributed by atoms with E-state index in [1.165, 1.54) is 6.07 Å². The summed E-state index contributed by atoms with van der Waals surface area (Å²) >= 11 is 0. The molecule has 0 aliphatic heterocycles. The quantitative estimate of drug-likeness (QED) is 0.874. The van der Waals surface area contributed by atoms with Gasteiger partial charge < -0.3 is 10.1 Å². The van der Waals surface area contributed by atoms with E-state index in [0.717, 1.165) is 25.8 Å². The van der Waals surface area contributed by atoms with Crippen LogP contribution in [0.1, 0.15) is 37.8 Å². The van der Waals surface area contributed by atoms with Gasteiger partial charge in [-0.15, -0.1) is 13.2 Å². The molecule has 1 aliphatic carbocycles. The number of rotatable bonds is 5. The van der Waals surface area contributed by atoms with E-state index >= 15 is 0 Å². The minimum Gasteiger partial charge on any atom is -0.405 e. The van der Waals surface area contributed by atoms with Gasteiger partial charge in [0.25, 0.3) is 0 Å². The first-order valence-electron chi connectivity index (χ1n) is 6.59. The molecule has 0 aromatic heterocycles. The van der Waals surface area contributed by atoms with Crippen molar-refractivity contribution < 1.29 is 17.9 Å². The predicted octanol–water partition coefficient (Wildman–Crippen LogP) is 4.04. The fourth-order valence-corrected chi connectivity index (χ4v) is 2.48. The van der Waals surface area contributed by atoms with Crippen molar-refractivity contribution in [1.29, 1.82) is 0 Å². The second-order valence-corrected chi connectivity index (χ2v) is 4.81. The molecule has 1 aliphatic rings. The van der Waals surface area contributed by atoms with E-state index in [-0.39, 0.29) is 11.8 Å². The molecule has 0 spiro atoms. The summed E-state index contributed by atoms with van der Waals surface area (Å²) in [4.78, 5) is 0. The maximum absolute atomic E-state index is 12.4. The highest BCUT2D eigenvalue weighted by Gasteiger charge is 2.35. The summed E-state index contributed by atoms with van der Waals surface area (Å²) in [7, 11) is 0. The van der Waals surface area contributed by atoms with Gasteiger partial charge in [0.05, 0.1) is 0 Å². The van der Waals surface area contributed by atoms with Crippen LogP contribution in [0.4, 0.5) is 13.2 Å². The fourth-order valence-electron chi connectivity index (χ4n) is 2.48. The van der Waals surface area contributed by atoms with Crippen LogP contribution < -0.4 is 10.1 Å². The Kier molecular flexibility index (Phi) is 4.34. The minimum atomic E-state index is -4.65. The zero-order chi connectivity index (χ0) is 13.9. The van der Waals surface area contributed by atoms with Gasteiger partial charge in [-0.3, -0.25) is 0 Å². The summed E-state index contributed by atoms with van der Waals surface area (Å²) in [6.07, 6.45) is -1.39. The van der Waals surface area contributed by atoms with Crippen LogP contribution in [0.25, 0.3) is 0 Å². The van der Waals surface area contributed by atoms with Crippen LogP contribution in [0.2, 0.25) is 0 Å². The molecule has 2 nitrogen and oxygen atoms in total. The number of halogens is 3. The maximum atomic E-state index is 12.4. The SMILES string of the molecule is CCNC(c1ccccc1OC(F)(F)F)C1CCC1. The fraction of sp³-hybridized carbons (Fsp3) is 0.571. The lowest BCUT2D eigenvalue weighted by Gasteiger charge is -2.35. The average molecular weight is 273 g/mol. The number of para-hydroxylation sites is 1. The summed E-state index contributed by atoms with van der Waals surface area (Å²) in [5.41, 5.74) is 0.603. The van der Waals surface area contributed by atoms with Crippen molar-refractivity contribution in [2.45, 2.75) is 38.6 Å². The highest BCUT2D eigenvalue weighted by atomic mass is 19.4. The van der Waals surface area contributed by atoms with Gasteiger partial charge in [-0.2, -0.15) is 0 Å². The van der Waals surface area contributed by atoms with Crippen molar-refractivity contribution in [2.24, 2.45) is 5.92 Å². The first-order chi connectivity index (χ1) is 9.01. The van der Waals surface area contributed by atoms with Gasteiger partial charge in [0.1, 0.15) is 5.75 Å². The van der Waals surface area contributed by atoms with E-state index in [2.05, 4.69) is 10.1 Å². The molecule has 106 valence electrons. The largest absolute Gasteiger partial charge is 0.573 e. The molecular weight excluding hydrogens is 255 g/mol. The number of hydrogen-bond donors (Lipinski definition) is 1. The average Bonchev–Trinajstić information content (AvgIpc) is 2.25. The van der Waals surface area contributed by atoms with E-state index in [1.807, 2.05) is 6.92 Å². The van der Waals surface area contributed by atoms with Crippen molar-refractivity contribution >= 4 is 0 Å². The smallest absolute Gasteiger partial charge is 0.405 e. The van der Waals surface area contributed by atoms with E-state index in [4.69, 9.17) is 0 Å². The van der Waals surface area contributed by atoms with Gasteiger partial charge in [-0.25, -0.2) is 0 Å². The highest BCUT2D eigenvalue weighted by molar-refractivity contribution is 5.36. The molecule has 2 rings (SSSR count). The number of hydrogen-bond acceptors (Lipinski definition) is 2. The highest BCUT2D eigenvalue weighted by Crippen LogP contribution is 2.41. The zero-order valence-electron chi connectivity index (χ0n) is 10.8. The second-order valence-electron chi connectivity index (χ2n) is 4.81. The van der Waals surface area contributed by atoms with Gasteiger partial charge in [0.2, 0.25) is 0 Å². The Morgan fingerprint density at radius 2 is 2.00 bits per heavy atom. The standard InChI is InChI=1S/C14H18F3NO/c1-2-18-13(10-6-5-7-10)11-8-3-4-9-12(11)19-14(15,16)17/h3-4,8-10,13,18H,2,5-7H2,1H3. The Morgan fingerprint density at radius 3 is 2.53 bits per heavy atom. The lowest BCUT2D eigenvalue weighted by Crippen LogP contribution is -2.33. The monoisotopic (exact) mass is 273 g/mol. The van der Waals surface area contributed by atoms with E-state index in [9.17, 15) is 13.2 Å². The van der Waals surface area contributed by atoms with E-state index < -0.39 is 6.36 Å². The van der Waals surface area contributed by atoms with Crippen LogP contribution in [0, 0.1) is 5.92 Å². The molecule has 0 bridgehead atoms. The van der Waals surface area contributed by atoms with E-state index in [1.54, 1.807) is 18.2 Å². The Balaban J connectivity index is 2.25. The number of alkyl halides is 3. The summed E-state index contributed by atoms with van der Waals surface area (Å²) < 4.78 is 41.4. The molecule has 0 radical (unpaired) electrons. The van der Waals surface area contributed by atoms with Crippen molar-refractivity contribution in [3.63, 3.8) is 0 Å². The van der Waals surface area contributed by atoms with Crippen molar-refractivity contribution in [3.8, 4) is 5.75 Å². The predicted molar refractivity (Wildman–Crippen MR) is 66.9 cm³/mol. The molecule has 0 amide bonds. The van der Waals surface area contributed by atoms with Gasteiger partial charge in [0.15, 0.2) is 0 Å². The third-order valence-electron chi connectivity index (χ3n) is 3.53. The van der Waals surface area contributed by atoms with Crippen LogP contribution in [-0.4, -0.2) is 12.9 Å². The molecule has 0 saturated heterocycles. The van der Waals surface area contributed by atoms with Crippen LogP contribution >= 0.6 is 0 Å². The molecule has 1 fully saturated rings. The summed E-state index contributed by atoms with van der Waals surface area (Å²) in [6, 6.07) is 6.35. The van der Waals surface area contributed by atoms with Gasteiger partial charge >= 0.3 is 6.36 Å². The molecule has 1 N–H and O–H groups in total. The normalized spacial score (nSPS) is 17.9. The molecule has 19 heavy (non-hydrogen) atoms. The molecule has 1 unspecified atom stereocenters. The molecular formula is C14H18F3NO. The third-order valence-corrected chi connectivity index (χ3v) is 3.53. The van der Waals surface area contributed by atoms with E-state index in [0.29, 0.717) is 11.5 Å². The second kappa shape index (κ2) is 5.82. The van der Waals surface area contributed by atoms with Crippen LogP contribution in [-0.2, 0) is 0 Å². The Morgan fingerprint density at radius 1 is 1.32 bits per heavy atom. The van der Waals surface area contributed by atoms with Crippen LogP contribution in [0.5, 0.6) is 5.75 Å². The lowest BCUT2D eigenvalue weighted by molar-refractivity contribution is -0.275. The summed E-state index contributed by atoms with van der Waals surface area (Å²) in [6.45, 7) is 2.68. The van der Waals surface area contributed by atoms with Crippen LogP contribution in [0.15, 0.2) is 24.3 Å². The summed E-state index contributed by atoms with van der Waals surface area (Å²) in [5, 5.41) is 3.28. The van der Waals surface area contributed by atoms with Crippen molar-refractivity contribution in [2.75, 3.05) is 6.54 Å².